The van der Waals surface area contributed by atoms with Crippen LogP contribution in [0.5, 0.6) is 0 Å². The van der Waals surface area contributed by atoms with E-state index < -0.39 is 0 Å². The highest BCUT2D eigenvalue weighted by Gasteiger charge is 2.03. The molecule has 1 atom stereocenters. The highest BCUT2D eigenvalue weighted by Crippen LogP contribution is 2.11. The van der Waals surface area contributed by atoms with Crippen LogP contribution >= 0.6 is 0 Å². The van der Waals surface area contributed by atoms with Gasteiger partial charge in [-0.15, -0.1) is 0 Å². The zero-order chi connectivity index (χ0) is 9.56. The first kappa shape index (κ1) is 11.4. The Bertz CT molecular complexity index is 168. The van der Waals surface area contributed by atoms with E-state index in [-0.39, 0.29) is 6.10 Å². The SMILES string of the molecule is C=C(C)C(O)CC/C(C)=C/CC. The largest absolute Gasteiger partial charge is 0.389 e. The number of aliphatic hydroxyl groups excluding tert-OH is 1. The van der Waals surface area contributed by atoms with Crippen LogP contribution in [-0.4, -0.2) is 11.2 Å². The van der Waals surface area contributed by atoms with Crippen LogP contribution in [0, 0.1) is 0 Å². The second-order valence-corrected chi connectivity index (χ2v) is 3.36. The quantitative estimate of drug-likeness (QED) is 0.625. The van der Waals surface area contributed by atoms with E-state index in [0.717, 1.165) is 24.8 Å². The number of hydrogen-bond donors (Lipinski definition) is 1. The zero-order valence-electron chi connectivity index (χ0n) is 8.43. The summed E-state index contributed by atoms with van der Waals surface area (Å²) in [5.74, 6) is 0. The second-order valence-electron chi connectivity index (χ2n) is 3.36. The van der Waals surface area contributed by atoms with Gasteiger partial charge in [-0.2, -0.15) is 0 Å². The highest BCUT2D eigenvalue weighted by molar-refractivity contribution is 5.02. The lowest BCUT2D eigenvalue weighted by Gasteiger charge is -2.09. The molecule has 1 N–H and O–H groups in total. The van der Waals surface area contributed by atoms with E-state index in [0.29, 0.717) is 0 Å². The van der Waals surface area contributed by atoms with Crippen molar-refractivity contribution in [1.29, 1.82) is 0 Å². The molecule has 0 spiro atoms. The summed E-state index contributed by atoms with van der Waals surface area (Å²) in [5.41, 5.74) is 2.22. The maximum absolute atomic E-state index is 9.42. The van der Waals surface area contributed by atoms with E-state index in [2.05, 4.69) is 26.5 Å². The molecule has 0 saturated carbocycles. The van der Waals surface area contributed by atoms with Crippen LogP contribution in [0.15, 0.2) is 23.8 Å². The summed E-state index contributed by atoms with van der Waals surface area (Å²) in [4.78, 5) is 0. The van der Waals surface area contributed by atoms with E-state index in [1.807, 2.05) is 6.92 Å². The van der Waals surface area contributed by atoms with Gasteiger partial charge in [0.05, 0.1) is 6.10 Å². The van der Waals surface area contributed by atoms with Crippen LogP contribution in [0.1, 0.15) is 40.0 Å². The standard InChI is InChI=1S/C11H20O/c1-5-6-10(4)7-8-11(12)9(2)3/h6,11-12H,2,5,7-8H2,1,3-4H3/b10-6+. The molecule has 0 heterocycles. The van der Waals surface area contributed by atoms with E-state index >= 15 is 0 Å². The third-order valence-corrected chi connectivity index (χ3v) is 1.93. The van der Waals surface area contributed by atoms with Crippen molar-refractivity contribution < 1.29 is 5.11 Å². The molecule has 1 nitrogen and oxygen atoms in total. The fourth-order valence-electron chi connectivity index (χ4n) is 1.06. The second kappa shape index (κ2) is 6.01. The summed E-state index contributed by atoms with van der Waals surface area (Å²) in [6, 6.07) is 0. The molecule has 0 radical (unpaired) electrons. The van der Waals surface area contributed by atoms with Gasteiger partial charge in [-0.3, -0.25) is 0 Å². The van der Waals surface area contributed by atoms with Crippen LogP contribution in [0.3, 0.4) is 0 Å². The molecule has 12 heavy (non-hydrogen) atoms. The Hall–Kier alpha value is -0.560. The van der Waals surface area contributed by atoms with Crippen molar-refractivity contribution in [2.75, 3.05) is 0 Å². The molecule has 0 rings (SSSR count). The maximum Gasteiger partial charge on any atom is 0.0747 e. The maximum atomic E-state index is 9.42. The Balaban J connectivity index is 3.68. The van der Waals surface area contributed by atoms with Gasteiger partial charge in [-0.25, -0.2) is 0 Å². The molecule has 0 aromatic carbocycles. The van der Waals surface area contributed by atoms with Gasteiger partial charge in [0.25, 0.3) is 0 Å². The van der Waals surface area contributed by atoms with Crippen LogP contribution in [-0.2, 0) is 0 Å². The molecule has 0 bridgehead atoms. The summed E-state index contributed by atoms with van der Waals surface area (Å²) in [6.45, 7) is 9.80. The van der Waals surface area contributed by atoms with Crippen molar-refractivity contribution in [3.8, 4) is 0 Å². The van der Waals surface area contributed by atoms with Gasteiger partial charge in [-0.1, -0.05) is 30.7 Å². The van der Waals surface area contributed by atoms with Gasteiger partial charge < -0.3 is 5.11 Å². The lowest BCUT2D eigenvalue weighted by Crippen LogP contribution is -2.06. The van der Waals surface area contributed by atoms with Gasteiger partial charge in [-0.05, 0) is 33.1 Å². The molecule has 1 unspecified atom stereocenters. The summed E-state index contributed by atoms with van der Waals surface area (Å²) in [6.07, 6.45) is 4.73. The van der Waals surface area contributed by atoms with Gasteiger partial charge in [0.1, 0.15) is 0 Å². The Morgan fingerprint density at radius 3 is 2.50 bits per heavy atom. The molecule has 0 saturated heterocycles. The van der Waals surface area contributed by atoms with Crippen LogP contribution in [0.4, 0.5) is 0 Å². The summed E-state index contributed by atoms with van der Waals surface area (Å²) >= 11 is 0. The molecule has 0 amide bonds. The normalized spacial score (nSPS) is 14.5. The Labute approximate surface area is 75.8 Å². The Morgan fingerprint density at radius 1 is 1.50 bits per heavy atom. The first-order valence-corrected chi connectivity index (χ1v) is 4.57. The first-order valence-electron chi connectivity index (χ1n) is 4.57. The minimum atomic E-state index is -0.329. The summed E-state index contributed by atoms with van der Waals surface area (Å²) < 4.78 is 0. The topological polar surface area (TPSA) is 20.2 Å². The number of allylic oxidation sites excluding steroid dienone is 2. The third-order valence-electron chi connectivity index (χ3n) is 1.93. The van der Waals surface area contributed by atoms with E-state index in [1.165, 1.54) is 5.57 Å². The molecule has 0 aliphatic carbocycles. The zero-order valence-corrected chi connectivity index (χ0v) is 8.43. The third kappa shape index (κ3) is 5.14. The van der Waals surface area contributed by atoms with E-state index in [1.54, 1.807) is 0 Å². The Morgan fingerprint density at radius 2 is 2.08 bits per heavy atom. The van der Waals surface area contributed by atoms with Crippen molar-refractivity contribution >= 4 is 0 Å². The number of hydrogen-bond acceptors (Lipinski definition) is 1. The van der Waals surface area contributed by atoms with Gasteiger partial charge in [0, 0.05) is 0 Å². The van der Waals surface area contributed by atoms with Gasteiger partial charge in [0.15, 0.2) is 0 Å². The molecule has 0 aliphatic rings. The smallest absolute Gasteiger partial charge is 0.0747 e. The lowest BCUT2D eigenvalue weighted by atomic mass is 10.0. The van der Waals surface area contributed by atoms with Crippen molar-refractivity contribution in [2.24, 2.45) is 0 Å². The summed E-state index contributed by atoms with van der Waals surface area (Å²) in [5, 5.41) is 9.42. The van der Waals surface area contributed by atoms with Gasteiger partial charge >= 0.3 is 0 Å². The fraction of sp³-hybridized carbons (Fsp3) is 0.636. The monoisotopic (exact) mass is 168 g/mol. The average molecular weight is 168 g/mol. The molecular formula is C11H20O. The predicted molar refractivity (Wildman–Crippen MR) is 54.1 cm³/mol. The van der Waals surface area contributed by atoms with Crippen LogP contribution in [0.2, 0.25) is 0 Å². The summed E-state index contributed by atoms with van der Waals surface area (Å²) in [7, 11) is 0. The molecule has 1 heteroatoms. The average Bonchev–Trinajstić information content (AvgIpc) is 2.00. The van der Waals surface area contributed by atoms with E-state index in [4.69, 9.17) is 0 Å². The van der Waals surface area contributed by atoms with Crippen LogP contribution < -0.4 is 0 Å². The first-order chi connectivity index (χ1) is 5.57. The predicted octanol–water partition coefficient (Wildman–Crippen LogP) is 3.06. The van der Waals surface area contributed by atoms with Crippen molar-refractivity contribution in [3.63, 3.8) is 0 Å². The minimum Gasteiger partial charge on any atom is -0.389 e. The fourth-order valence-corrected chi connectivity index (χ4v) is 1.06. The number of aliphatic hydroxyl groups is 1. The van der Waals surface area contributed by atoms with E-state index in [9.17, 15) is 5.11 Å². The molecular weight excluding hydrogens is 148 g/mol. The van der Waals surface area contributed by atoms with Crippen molar-refractivity contribution in [2.45, 2.75) is 46.1 Å². The molecule has 0 aromatic rings. The Kier molecular flexibility index (Phi) is 5.73. The van der Waals surface area contributed by atoms with Crippen molar-refractivity contribution in [1.82, 2.24) is 0 Å². The highest BCUT2D eigenvalue weighted by atomic mass is 16.3. The molecule has 70 valence electrons. The number of rotatable bonds is 5. The minimum absolute atomic E-state index is 0.329. The molecule has 0 aliphatic heterocycles. The van der Waals surface area contributed by atoms with Gasteiger partial charge in [0.2, 0.25) is 0 Å². The van der Waals surface area contributed by atoms with Crippen molar-refractivity contribution in [3.05, 3.63) is 23.8 Å². The van der Waals surface area contributed by atoms with Crippen LogP contribution in [0.25, 0.3) is 0 Å². The lowest BCUT2D eigenvalue weighted by molar-refractivity contribution is 0.201. The molecule has 0 aromatic heterocycles. The molecule has 0 fully saturated rings.